The Bertz CT molecular complexity index is 1000. The van der Waals surface area contributed by atoms with Crippen LogP contribution in [0.2, 0.25) is 0 Å². The zero-order valence-corrected chi connectivity index (χ0v) is 16.6. The van der Waals surface area contributed by atoms with Gasteiger partial charge in [-0.2, -0.15) is 18.3 Å². The molecule has 0 spiro atoms. The highest BCUT2D eigenvalue weighted by Gasteiger charge is 2.32. The second-order valence-electron chi connectivity index (χ2n) is 7.32. The number of aryl methyl sites for hydroxylation is 1. The molecular weight excluding hydrogens is 389 g/mol. The summed E-state index contributed by atoms with van der Waals surface area (Å²) in [5.41, 5.74) is -0.182. The molecule has 0 unspecified atom stereocenters. The van der Waals surface area contributed by atoms with Crippen LogP contribution in [0, 0.1) is 6.92 Å². The van der Waals surface area contributed by atoms with Gasteiger partial charge in [-0.1, -0.05) is 20.8 Å². The monoisotopic (exact) mass is 408 g/mol. The molecule has 3 rings (SSSR count). The van der Waals surface area contributed by atoms with E-state index < -0.39 is 17.6 Å². The highest BCUT2D eigenvalue weighted by Crippen LogP contribution is 2.34. The number of carbonyl (C=O) groups is 1. The molecule has 0 saturated heterocycles. The fraction of sp³-hybridized carbons (Fsp3) is 0.316. The van der Waals surface area contributed by atoms with E-state index in [0.717, 1.165) is 17.1 Å². The van der Waals surface area contributed by atoms with Crippen molar-refractivity contribution in [2.75, 3.05) is 5.32 Å². The fourth-order valence-electron chi connectivity index (χ4n) is 2.53. The first-order valence-corrected chi connectivity index (χ1v) is 9.29. The molecule has 9 heteroatoms. The van der Waals surface area contributed by atoms with E-state index in [-0.39, 0.29) is 11.1 Å². The third kappa shape index (κ3) is 4.09. The average molecular weight is 408 g/mol. The molecule has 5 nitrogen and oxygen atoms in total. The molecule has 148 valence electrons. The maximum Gasteiger partial charge on any atom is 0.416 e. The van der Waals surface area contributed by atoms with E-state index in [1.54, 1.807) is 19.2 Å². The number of aromatic nitrogens is 3. The molecule has 0 aliphatic rings. The lowest BCUT2D eigenvalue weighted by molar-refractivity contribution is -0.137. The van der Waals surface area contributed by atoms with Gasteiger partial charge in [0, 0.05) is 17.8 Å². The van der Waals surface area contributed by atoms with E-state index in [4.69, 9.17) is 0 Å². The number of nitrogens with one attached hydrogen (secondary N) is 1. The maximum absolute atomic E-state index is 13.2. The van der Waals surface area contributed by atoms with Gasteiger partial charge >= 0.3 is 6.18 Å². The van der Waals surface area contributed by atoms with Crippen LogP contribution in [0.1, 0.15) is 46.7 Å². The van der Waals surface area contributed by atoms with Gasteiger partial charge in [-0.25, -0.2) is 9.67 Å². The summed E-state index contributed by atoms with van der Waals surface area (Å²) in [5, 5.41) is 7.43. The first-order chi connectivity index (χ1) is 13.0. The fourth-order valence-corrected chi connectivity index (χ4v) is 3.55. The number of anilines is 1. The van der Waals surface area contributed by atoms with Crippen LogP contribution in [0.15, 0.2) is 36.7 Å². The lowest BCUT2D eigenvalue weighted by Gasteiger charge is -2.15. The van der Waals surface area contributed by atoms with Crippen molar-refractivity contribution in [3.8, 4) is 5.69 Å². The van der Waals surface area contributed by atoms with Crippen LogP contribution >= 0.6 is 11.3 Å². The van der Waals surface area contributed by atoms with Gasteiger partial charge in [-0.05, 0) is 31.2 Å². The molecular formula is C19H19F3N4OS. The molecule has 2 aromatic heterocycles. The van der Waals surface area contributed by atoms with E-state index in [9.17, 15) is 18.0 Å². The largest absolute Gasteiger partial charge is 0.416 e. The molecule has 28 heavy (non-hydrogen) atoms. The van der Waals surface area contributed by atoms with Crippen LogP contribution in [0.4, 0.5) is 18.9 Å². The molecule has 1 aromatic carbocycles. The quantitative estimate of drug-likeness (QED) is 0.648. The number of thiazole rings is 1. The van der Waals surface area contributed by atoms with Crippen molar-refractivity contribution in [2.24, 2.45) is 0 Å². The normalized spacial score (nSPS) is 12.2. The number of alkyl halides is 3. The second-order valence-corrected chi connectivity index (χ2v) is 8.32. The zero-order chi connectivity index (χ0) is 20.7. The first kappa shape index (κ1) is 20.1. The molecule has 3 aromatic rings. The molecule has 0 aliphatic heterocycles. The zero-order valence-electron chi connectivity index (χ0n) is 15.8. The number of hydrogen-bond donors (Lipinski definition) is 1. The molecule has 0 saturated carbocycles. The van der Waals surface area contributed by atoms with E-state index >= 15 is 0 Å². The van der Waals surface area contributed by atoms with E-state index in [1.807, 2.05) is 20.8 Å². The Hall–Kier alpha value is -2.68. The number of amides is 1. The van der Waals surface area contributed by atoms with Crippen molar-refractivity contribution >= 4 is 22.9 Å². The summed E-state index contributed by atoms with van der Waals surface area (Å²) in [6, 6.07) is 4.80. The predicted octanol–water partition coefficient (Wildman–Crippen LogP) is 5.21. The minimum Gasteiger partial charge on any atom is -0.319 e. The van der Waals surface area contributed by atoms with Crippen molar-refractivity contribution in [3.05, 3.63) is 57.8 Å². The standard InChI is InChI=1S/C19H19F3N4OS/c1-11-15(28-17(24-11)18(2,3)4)16(27)25-13-10-12(19(20,21)22)6-7-14(13)26-9-5-8-23-26/h5-10H,1-4H3,(H,25,27). The third-order valence-electron chi connectivity index (χ3n) is 3.97. The number of hydrogen-bond acceptors (Lipinski definition) is 4. The predicted molar refractivity (Wildman–Crippen MR) is 102 cm³/mol. The molecule has 1 amide bonds. The van der Waals surface area contributed by atoms with Crippen LogP contribution in [-0.2, 0) is 11.6 Å². The Morgan fingerprint density at radius 1 is 1.21 bits per heavy atom. The molecule has 0 aliphatic carbocycles. The van der Waals surface area contributed by atoms with Crippen LogP contribution in [0.25, 0.3) is 5.69 Å². The van der Waals surface area contributed by atoms with E-state index in [0.29, 0.717) is 16.3 Å². The summed E-state index contributed by atoms with van der Waals surface area (Å²) < 4.78 is 40.9. The summed E-state index contributed by atoms with van der Waals surface area (Å²) in [6.07, 6.45) is -1.43. The Morgan fingerprint density at radius 2 is 1.93 bits per heavy atom. The molecule has 0 bridgehead atoms. The van der Waals surface area contributed by atoms with Gasteiger partial charge in [0.25, 0.3) is 5.91 Å². The van der Waals surface area contributed by atoms with Gasteiger partial charge in [0.2, 0.25) is 0 Å². The number of carbonyl (C=O) groups excluding carboxylic acids is 1. The van der Waals surface area contributed by atoms with Crippen molar-refractivity contribution in [1.82, 2.24) is 14.8 Å². The van der Waals surface area contributed by atoms with Gasteiger partial charge in [-0.3, -0.25) is 4.79 Å². The Balaban J connectivity index is 2.01. The number of nitrogens with zero attached hydrogens (tertiary/aromatic N) is 3. The summed E-state index contributed by atoms with van der Waals surface area (Å²) in [4.78, 5) is 17.6. The van der Waals surface area contributed by atoms with Crippen LogP contribution in [-0.4, -0.2) is 20.7 Å². The molecule has 2 heterocycles. The van der Waals surface area contributed by atoms with Crippen LogP contribution in [0.5, 0.6) is 0 Å². The van der Waals surface area contributed by atoms with Crippen molar-refractivity contribution < 1.29 is 18.0 Å². The van der Waals surface area contributed by atoms with Crippen molar-refractivity contribution in [1.29, 1.82) is 0 Å². The van der Waals surface area contributed by atoms with Crippen molar-refractivity contribution in [3.63, 3.8) is 0 Å². The Labute approximate surface area is 164 Å². The number of halogens is 3. The minimum absolute atomic E-state index is 0.0219. The lowest BCUT2D eigenvalue weighted by atomic mass is 9.98. The van der Waals surface area contributed by atoms with Gasteiger partial charge in [0.1, 0.15) is 4.88 Å². The summed E-state index contributed by atoms with van der Waals surface area (Å²) in [7, 11) is 0. The Kier molecular flexibility index (Phi) is 5.05. The second kappa shape index (κ2) is 7.05. The molecule has 0 atom stereocenters. The van der Waals surface area contributed by atoms with E-state index in [2.05, 4.69) is 15.4 Å². The molecule has 1 N–H and O–H groups in total. The highest BCUT2D eigenvalue weighted by atomic mass is 32.1. The van der Waals surface area contributed by atoms with Crippen LogP contribution in [0.3, 0.4) is 0 Å². The lowest BCUT2D eigenvalue weighted by Crippen LogP contribution is -2.15. The smallest absolute Gasteiger partial charge is 0.319 e. The van der Waals surface area contributed by atoms with Gasteiger partial charge in [-0.15, -0.1) is 11.3 Å². The summed E-state index contributed by atoms with van der Waals surface area (Å²) >= 11 is 1.24. The topological polar surface area (TPSA) is 59.8 Å². The Morgan fingerprint density at radius 3 is 2.46 bits per heavy atom. The first-order valence-electron chi connectivity index (χ1n) is 8.47. The summed E-state index contributed by atoms with van der Waals surface area (Å²) in [5.74, 6) is -0.502. The number of rotatable bonds is 3. The van der Waals surface area contributed by atoms with Crippen molar-refractivity contribution in [2.45, 2.75) is 39.3 Å². The molecule has 0 fully saturated rings. The summed E-state index contributed by atoms with van der Waals surface area (Å²) in [6.45, 7) is 7.65. The molecule has 0 radical (unpaired) electrons. The minimum atomic E-state index is -4.53. The maximum atomic E-state index is 13.2. The van der Waals surface area contributed by atoms with Gasteiger partial charge in [0.05, 0.1) is 27.6 Å². The number of benzene rings is 1. The average Bonchev–Trinajstić information content (AvgIpc) is 3.23. The van der Waals surface area contributed by atoms with Crippen LogP contribution < -0.4 is 5.32 Å². The van der Waals surface area contributed by atoms with Gasteiger partial charge < -0.3 is 5.32 Å². The third-order valence-corrected chi connectivity index (χ3v) is 5.55. The van der Waals surface area contributed by atoms with E-state index in [1.165, 1.54) is 28.3 Å². The SMILES string of the molecule is Cc1nc(C(C)(C)C)sc1C(=O)Nc1cc(C(F)(F)F)ccc1-n1cccn1. The van der Waals surface area contributed by atoms with Gasteiger partial charge in [0.15, 0.2) is 0 Å². The highest BCUT2D eigenvalue weighted by molar-refractivity contribution is 7.14.